The summed E-state index contributed by atoms with van der Waals surface area (Å²) in [7, 11) is 0. The van der Waals surface area contributed by atoms with E-state index in [0.29, 0.717) is 5.69 Å². The number of aromatic nitrogens is 2. The van der Waals surface area contributed by atoms with E-state index in [9.17, 15) is 13.2 Å². The van der Waals surface area contributed by atoms with E-state index in [0.717, 1.165) is 12.1 Å². The van der Waals surface area contributed by atoms with Gasteiger partial charge >= 0.3 is 6.18 Å². The molecule has 0 unspecified atom stereocenters. The van der Waals surface area contributed by atoms with Crippen molar-refractivity contribution in [2.24, 2.45) is 0 Å². The Morgan fingerprint density at radius 2 is 2.00 bits per heavy atom. The molecular formula is C12H8F3N3. The number of rotatable bonds is 1. The fourth-order valence-corrected chi connectivity index (χ4v) is 1.53. The van der Waals surface area contributed by atoms with Crippen LogP contribution in [0.5, 0.6) is 0 Å². The summed E-state index contributed by atoms with van der Waals surface area (Å²) in [5.74, 6) is 0. The second-order valence-electron chi connectivity index (χ2n) is 3.77. The third-order valence-electron chi connectivity index (χ3n) is 2.37. The van der Waals surface area contributed by atoms with Crippen LogP contribution in [-0.4, -0.2) is 9.55 Å². The van der Waals surface area contributed by atoms with Gasteiger partial charge < -0.3 is 4.57 Å². The molecule has 0 fully saturated rings. The quantitative estimate of drug-likeness (QED) is 0.707. The molecule has 0 radical (unpaired) electrons. The van der Waals surface area contributed by atoms with Gasteiger partial charge in [0.1, 0.15) is 0 Å². The van der Waals surface area contributed by atoms with Crippen LogP contribution in [0.3, 0.4) is 0 Å². The van der Waals surface area contributed by atoms with Gasteiger partial charge in [0.25, 0.3) is 0 Å². The minimum absolute atomic E-state index is 0.0498. The van der Waals surface area contributed by atoms with E-state index in [-0.39, 0.29) is 11.4 Å². The molecule has 3 nitrogen and oxygen atoms in total. The zero-order chi connectivity index (χ0) is 13.3. The lowest BCUT2D eigenvalue weighted by atomic mass is 10.1. The molecule has 0 aliphatic heterocycles. The average Bonchev–Trinajstić information content (AvgIpc) is 2.74. The normalized spacial score (nSPS) is 11.3. The van der Waals surface area contributed by atoms with Crippen LogP contribution in [0.1, 0.15) is 11.3 Å². The molecule has 0 bridgehead atoms. The van der Waals surface area contributed by atoms with Crippen molar-refractivity contribution in [2.45, 2.75) is 13.1 Å². The molecule has 92 valence electrons. The Hall–Kier alpha value is -2.29. The van der Waals surface area contributed by atoms with Gasteiger partial charge in [-0.2, -0.15) is 13.2 Å². The number of alkyl halides is 3. The van der Waals surface area contributed by atoms with E-state index in [1.807, 2.05) is 0 Å². The number of hydrogen-bond acceptors (Lipinski definition) is 1. The maximum absolute atomic E-state index is 12.7. The number of aryl methyl sites for hydroxylation is 1. The molecule has 0 atom stereocenters. The van der Waals surface area contributed by atoms with Crippen molar-refractivity contribution in [1.82, 2.24) is 9.55 Å². The van der Waals surface area contributed by atoms with E-state index in [1.54, 1.807) is 13.1 Å². The molecular weight excluding hydrogens is 243 g/mol. The SMILES string of the molecule is [C-]#[N+]c1cc(-n2cnc(C)c2)cc(C(F)(F)F)c1. The van der Waals surface area contributed by atoms with Crippen molar-refractivity contribution in [1.29, 1.82) is 0 Å². The zero-order valence-electron chi connectivity index (χ0n) is 9.36. The second-order valence-corrected chi connectivity index (χ2v) is 3.77. The average molecular weight is 251 g/mol. The summed E-state index contributed by atoms with van der Waals surface area (Å²) in [4.78, 5) is 7.00. The highest BCUT2D eigenvalue weighted by Gasteiger charge is 2.31. The Labute approximate surface area is 101 Å². The van der Waals surface area contributed by atoms with Gasteiger partial charge in [-0.15, -0.1) is 0 Å². The Bertz CT molecular complexity index is 620. The molecule has 0 aliphatic carbocycles. The topological polar surface area (TPSA) is 22.2 Å². The second kappa shape index (κ2) is 4.18. The van der Waals surface area contributed by atoms with Gasteiger partial charge in [-0.05, 0) is 25.1 Å². The summed E-state index contributed by atoms with van der Waals surface area (Å²) in [5, 5.41) is 0. The van der Waals surface area contributed by atoms with Crippen LogP contribution in [0.25, 0.3) is 10.5 Å². The van der Waals surface area contributed by atoms with E-state index >= 15 is 0 Å². The lowest BCUT2D eigenvalue weighted by Gasteiger charge is -2.10. The highest BCUT2D eigenvalue weighted by Crippen LogP contribution is 2.33. The number of halogens is 3. The van der Waals surface area contributed by atoms with Crippen LogP contribution >= 0.6 is 0 Å². The van der Waals surface area contributed by atoms with Crippen molar-refractivity contribution in [3.63, 3.8) is 0 Å². The molecule has 0 aliphatic rings. The summed E-state index contributed by atoms with van der Waals surface area (Å²) in [6.07, 6.45) is -1.45. The summed E-state index contributed by atoms with van der Waals surface area (Å²) < 4.78 is 39.5. The summed E-state index contributed by atoms with van der Waals surface area (Å²) in [6, 6.07) is 3.22. The molecule has 0 saturated heterocycles. The lowest BCUT2D eigenvalue weighted by molar-refractivity contribution is -0.137. The third kappa shape index (κ3) is 2.35. The Morgan fingerprint density at radius 3 is 2.50 bits per heavy atom. The predicted molar refractivity (Wildman–Crippen MR) is 59.6 cm³/mol. The van der Waals surface area contributed by atoms with Crippen molar-refractivity contribution in [3.8, 4) is 5.69 Å². The van der Waals surface area contributed by atoms with Gasteiger partial charge in [0.15, 0.2) is 5.69 Å². The van der Waals surface area contributed by atoms with Crippen molar-refractivity contribution in [3.05, 3.63) is 53.4 Å². The molecule has 0 N–H and O–H groups in total. The molecule has 0 spiro atoms. The number of hydrogen-bond donors (Lipinski definition) is 0. The zero-order valence-corrected chi connectivity index (χ0v) is 9.36. The summed E-state index contributed by atoms with van der Waals surface area (Å²) in [6.45, 7) is 8.58. The number of benzene rings is 1. The fraction of sp³-hybridized carbons (Fsp3) is 0.167. The highest BCUT2D eigenvalue weighted by atomic mass is 19.4. The maximum Gasteiger partial charge on any atom is 0.415 e. The van der Waals surface area contributed by atoms with Gasteiger partial charge in [-0.1, -0.05) is 0 Å². The molecule has 0 saturated carbocycles. The number of imidazole rings is 1. The first kappa shape index (κ1) is 12.2. The van der Waals surface area contributed by atoms with Crippen LogP contribution in [0.4, 0.5) is 18.9 Å². The first-order chi connectivity index (χ1) is 8.40. The van der Waals surface area contributed by atoms with Crippen molar-refractivity contribution >= 4 is 5.69 Å². The molecule has 1 heterocycles. The van der Waals surface area contributed by atoms with E-state index in [4.69, 9.17) is 6.57 Å². The molecule has 18 heavy (non-hydrogen) atoms. The van der Waals surface area contributed by atoms with Crippen molar-refractivity contribution < 1.29 is 13.2 Å². The first-order valence-electron chi connectivity index (χ1n) is 5.01. The summed E-state index contributed by atoms with van der Waals surface area (Å²) >= 11 is 0. The third-order valence-corrected chi connectivity index (χ3v) is 2.37. The smallest absolute Gasteiger partial charge is 0.307 e. The van der Waals surface area contributed by atoms with E-state index in [2.05, 4.69) is 9.83 Å². The van der Waals surface area contributed by atoms with Crippen LogP contribution in [0.2, 0.25) is 0 Å². The molecule has 2 aromatic rings. The van der Waals surface area contributed by atoms with Gasteiger partial charge in [0.2, 0.25) is 0 Å². The minimum Gasteiger partial charge on any atom is -0.307 e. The van der Waals surface area contributed by atoms with Crippen molar-refractivity contribution in [2.75, 3.05) is 0 Å². The molecule has 0 amide bonds. The fourth-order valence-electron chi connectivity index (χ4n) is 1.53. The Kier molecular flexibility index (Phi) is 2.83. The minimum atomic E-state index is -4.47. The van der Waals surface area contributed by atoms with Crippen LogP contribution in [-0.2, 0) is 6.18 Å². The van der Waals surface area contributed by atoms with E-state index < -0.39 is 11.7 Å². The number of nitrogens with zero attached hydrogens (tertiary/aromatic N) is 3. The predicted octanol–water partition coefficient (Wildman–Crippen LogP) is 3.75. The summed E-state index contributed by atoms with van der Waals surface area (Å²) in [5.41, 5.74) is 0.0803. The van der Waals surface area contributed by atoms with Crippen LogP contribution in [0.15, 0.2) is 30.7 Å². The monoisotopic (exact) mass is 251 g/mol. The van der Waals surface area contributed by atoms with Crippen LogP contribution < -0.4 is 0 Å². The highest BCUT2D eigenvalue weighted by molar-refractivity contribution is 5.55. The standard InChI is InChI=1S/C12H8F3N3/c1-8-6-18(7-17-8)11-4-9(12(13,14)15)3-10(5-11)16-2/h3-7H,1H3. The Morgan fingerprint density at radius 1 is 1.28 bits per heavy atom. The van der Waals surface area contributed by atoms with Gasteiger partial charge in [-0.25, -0.2) is 9.83 Å². The first-order valence-corrected chi connectivity index (χ1v) is 5.01. The molecule has 6 heteroatoms. The largest absolute Gasteiger partial charge is 0.415 e. The van der Waals surface area contributed by atoms with Gasteiger partial charge in [0.05, 0.1) is 18.6 Å². The molecule has 1 aromatic carbocycles. The van der Waals surface area contributed by atoms with Gasteiger partial charge in [-0.3, -0.25) is 0 Å². The van der Waals surface area contributed by atoms with E-state index in [1.165, 1.54) is 17.0 Å². The van der Waals surface area contributed by atoms with Gasteiger partial charge in [0, 0.05) is 17.4 Å². The molecule has 2 rings (SSSR count). The van der Waals surface area contributed by atoms with Crippen LogP contribution in [0, 0.1) is 13.5 Å². The molecule has 1 aromatic heterocycles. The maximum atomic E-state index is 12.7. The lowest BCUT2D eigenvalue weighted by Crippen LogP contribution is -2.05. The Balaban J connectivity index is 2.59.